The monoisotopic (exact) mass is 741 g/mol. The van der Waals surface area contributed by atoms with E-state index in [9.17, 15) is 18.0 Å². The Hall–Kier alpha value is -4.45. The maximum absolute atomic E-state index is 14.8. The average molecular weight is 743 g/mol. The zero-order chi connectivity index (χ0) is 36.3. The van der Waals surface area contributed by atoms with Gasteiger partial charge in [0, 0.05) is 35.6 Å². The molecule has 0 spiro atoms. The van der Waals surface area contributed by atoms with Gasteiger partial charge >= 0.3 is 0 Å². The van der Waals surface area contributed by atoms with Crippen LogP contribution in [0, 0.1) is 0 Å². The molecular formula is C37H41Cl2N3O7S. The summed E-state index contributed by atoms with van der Waals surface area (Å²) in [5.41, 5.74) is 1.41. The van der Waals surface area contributed by atoms with E-state index in [1.807, 2.05) is 37.3 Å². The van der Waals surface area contributed by atoms with Crippen molar-refractivity contribution in [3.63, 3.8) is 0 Å². The number of unbranched alkanes of at least 4 members (excludes halogenated alkanes) is 1. The molecule has 1 atom stereocenters. The van der Waals surface area contributed by atoms with Gasteiger partial charge in [-0.3, -0.25) is 13.9 Å². The Morgan fingerprint density at radius 2 is 1.48 bits per heavy atom. The minimum absolute atomic E-state index is 0.0211. The first-order valence-corrected chi connectivity index (χ1v) is 18.2. The van der Waals surface area contributed by atoms with Crippen molar-refractivity contribution >= 4 is 50.7 Å². The highest BCUT2D eigenvalue weighted by Gasteiger charge is 2.36. The van der Waals surface area contributed by atoms with Crippen LogP contribution in [0.25, 0.3) is 0 Å². The van der Waals surface area contributed by atoms with Gasteiger partial charge in [0.05, 0.1) is 31.9 Å². The second-order valence-electron chi connectivity index (χ2n) is 11.3. The number of sulfonamides is 1. The first-order chi connectivity index (χ1) is 24.0. The molecule has 0 heterocycles. The molecule has 0 radical (unpaired) electrons. The predicted molar refractivity (Wildman–Crippen MR) is 196 cm³/mol. The molecule has 2 amide bonds. The van der Waals surface area contributed by atoms with Crippen LogP contribution < -0.4 is 23.8 Å². The number of hydrogen-bond donors (Lipinski definition) is 1. The molecule has 4 rings (SSSR count). The van der Waals surface area contributed by atoms with Crippen molar-refractivity contribution in [1.82, 2.24) is 10.2 Å². The highest BCUT2D eigenvalue weighted by atomic mass is 35.5. The molecule has 4 aromatic rings. The lowest BCUT2D eigenvalue weighted by Gasteiger charge is -2.34. The fourth-order valence-corrected chi connectivity index (χ4v) is 7.14. The number of carbonyl (C=O) groups is 2. The van der Waals surface area contributed by atoms with E-state index in [1.165, 1.54) is 56.6 Å². The summed E-state index contributed by atoms with van der Waals surface area (Å²) in [6, 6.07) is 23.9. The third-order valence-corrected chi connectivity index (χ3v) is 10.4. The van der Waals surface area contributed by atoms with E-state index in [0.29, 0.717) is 22.9 Å². The molecule has 0 fully saturated rings. The molecule has 0 aliphatic carbocycles. The lowest BCUT2D eigenvalue weighted by atomic mass is 10.0. The van der Waals surface area contributed by atoms with E-state index < -0.39 is 28.5 Å². The summed E-state index contributed by atoms with van der Waals surface area (Å²) < 4.78 is 46.3. The summed E-state index contributed by atoms with van der Waals surface area (Å²) in [7, 11) is -0.297. The molecule has 0 unspecified atom stereocenters. The molecule has 13 heteroatoms. The lowest BCUT2D eigenvalue weighted by Crippen LogP contribution is -2.53. The standard InChI is InChI=1S/C37H41Cl2N3O7S/c1-5-6-20-40-37(44)32(21-26-12-8-7-9-13-26)41(24-27-14-10-11-15-30(27)39)36(43)25-42(31-22-28(38)16-18-33(31)47-2)50(45,46)29-17-19-34(48-3)35(23-29)49-4/h7-19,22-23,32H,5-6,20-21,24-25H2,1-4H3,(H,40,44)/t32-/m1/s1. The first-order valence-electron chi connectivity index (χ1n) is 16.0. The number of rotatable bonds is 17. The van der Waals surface area contributed by atoms with Crippen molar-refractivity contribution < 1.29 is 32.2 Å². The predicted octanol–water partition coefficient (Wildman–Crippen LogP) is 6.77. The van der Waals surface area contributed by atoms with Gasteiger partial charge in [-0.2, -0.15) is 0 Å². The Bertz CT molecular complexity index is 1880. The van der Waals surface area contributed by atoms with Gasteiger partial charge in [-0.05, 0) is 53.9 Å². The Morgan fingerprint density at radius 3 is 2.14 bits per heavy atom. The lowest BCUT2D eigenvalue weighted by molar-refractivity contribution is -0.140. The maximum atomic E-state index is 14.8. The van der Waals surface area contributed by atoms with Gasteiger partial charge in [-0.25, -0.2) is 8.42 Å². The number of amides is 2. The number of nitrogens with one attached hydrogen (secondary N) is 1. The molecule has 50 heavy (non-hydrogen) atoms. The van der Waals surface area contributed by atoms with Crippen LogP contribution in [0.2, 0.25) is 10.0 Å². The highest BCUT2D eigenvalue weighted by molar-refractivity contribution is 7.92. The number of nitrogens with zero attached hydrogens (tertiary/aromatic N) is 2. The van der Waals surface area contributed by atoms with Crippen molar-refractivity contribution in [3.05, 3.63) is 112 Å². The number of methoxy groups -OCH3 is 3. The van der Waals surface area contributed by atoms with Gasteiger partial charge in [0.2, 0.25) is 11.8 Å². The van der Waals surface area contributed by atoms with E-state index in [1.54, 1.807) is 30.3 Å². The van der Waals surface area contributed by atoms with Crippen LogP contribution in [0.4, 0.5) is 5.69 Å². The number of carbonyl (C=O) groups excluding carboxylic acids is 2. The second-order valence-corrected chi connectivity index (χ2v) is 14.0. The third-order valence-electron chi connectivity index (χ3n) is 8.03. The maximum Gasteiger partial charge on any atom is 0.265 e. The average Bonchev–Trinajstić information content (AvgIpc) is 3.12. The second kappa shape index (κ2) is 18.0. The van der Waals surface area contributed by atoms with Gasteiger partial charge in [-0.15, -0.1) is 0 Å². The van der Waals surface area contributed by atoms with Crippen LogP contribution >= 0.6 is 23.2 Å². The van der Waals surface area contributed by atoms with E-state index in [0.717, 1.165) is 22.7 Å². The largest absolute Gasteiger partial charge is 0.495 e. The summed E-state index contributed by atoms with van der Waals surface area (Å²) in [6.45, 7) is 1.63. The van der Waals surface area contributed by atoms with Crippen LogP contribution in [0.5, 0.6) is 17.2 Å². The highest BCUT2D eigenvalue weighted by Crippen LogP contribution is 2.37. The van der Waals surface area contributed by atoms with E-state index >= 15 is 0 Å². The first kappa shape index (κ1) is 38.4. The van der Waals surface area contributed by atoms with Crippen molar-refractivity contribution in [2.75, 3.05) is 38.7 Å². The summed E-state index contributed by atoms with van der Waals surface area (Å²) in [5.74, 6) is -0.398. The van der Waals surface area contributed by atoms with Gasteiger partial charge < -0.3 is 24.4 Å². The smallest absolute Gasteiger partial charge is 0.265 e. The number of hydrogen-bond acceptors (Lipinski definition) is 7. The summed E-state index contributed by atoms with van der Waals surface area (Å²) in [6.07, 6.45) is 1.77. The molecule has 10 nitrogen and oxygen atoms in total. The normalized spacial score (nSPS) is 11.7. The van der Waals surface area contributed by atoms with Gasteiger partial charge in [0.1, 0.15) is 18.3 Å². The molecule has 266 valence electrons. The summed E-state index contributed by atoms with van der Waals surface area (Å²) >= 11 is 13.0. The van der Waals surface area contributed by atoms with Gasteiger partial charge in [-0.1, -0.05) is 85.1 Å². The minimum atomic E-state index is -4.51. The van der Waals surface area contributed by atoms with Crippen LogP contribution in [0.15, 0.2) is 95.9 Å². The fraction of sp³-hybridized carbons (Fsp3) is 0.297. The van der Waals surface area contributed by atoms with E-state index in [4.69, 9.17) is 37.4 Å². The topological polar surface area (TPSA) is 114 Å². The molecule has 0 saturated heterocycles. The minimum Gasteiger partial charge on any atom is -0.495 e. The van der Waals surface area contributed by atoms with E-state index in [-0.39, 0.29) is 46.0 Å². The molecule has 1 N–H and O–H groups in total. The van der Waals surface area contributed by atoms with Crippen LogP contribution in [0.3, 0.4) is 0 Å². The number of benzene rings is 4. The van der Waals surface area contributed by atoms with E-state index in [2.05, 4.69) is 5.32 Å². The molecule has 0 aliphatic rings. The Labute approximate surface area is 303 Å². The van der Waals surface area contributed by atoms with Crippen molar-refractivity contribution in [3.8, 4) is 17.2 Å². The SMILES string of the molecule is CCCCNC(=O)[C@@H](Cc1ccccc1)N(Cc1ccccc1Cl)C(=O)CN(c1cc(Cl)ccc1OC)S(=O)(=O)c1ccc(OC)c(OC)c1. The quantitative estimate of drug-likeness (QED) is 0.119. The van der Waals surface area contributed by atoms with Crippen molar-refractivity contribution in [2.45, 2.75) is 43.7 Å². The van der Waals surface area contributed by atoms with Crippen LogP contribution in [-0.2, 0) is 32.6 Å². The number of anilines is 1. The van der Waals surface area contributed by atoms with Gasteiger partial charge in [0.15, 0.2) is 11.5 Å². The Balaban J connectivity index is 1.88. The summed E-state index contributed by atoms with van der Waals surface area (Å²) in [5, 5.41) is 3.57. The van der Waals surface area contributed by atoms with Gasteiger partial charge in [0.25, 0.3) is 10.0 Å². The molecule has 0 bridgehead atoms. The van der Waals surface area contributed by atoms with Crippen LogP contribution in [0.1, 0.15) is 30.9 Å². The van der Waals surface area contributed by atoms with Crippen molar-refractivity contribution in [2.24, 2.45) is 0 Å². The molecule has 0 aliphatic heterocycles. The van der Waals surface area contributed by atoms with Crippen molar-refractivity contribution in [1.29, 1.82) is 0 Å². The molecule has 4 aromatic carbocycles. The Kier molecular flexibility index (Phi) is 13.8. The number of ether oxygens (including phenoxy) is 3. The Morgan fingerprint density at radius 1 is 0.820 bits per heavy atom. The third kappa shape index (κ3) is 9.41. The zero-order valence-electron chi connectivity index (χ0n) is 28.4. The molecular weight excluding hydrogens is 701 g/mol. The summed E-state index contributed by atoms with van der Waals surface area (Å²) in [4.78, 5) is 29.9. The number of halogens is 2. The zero-order valence-corrected chi connectivity index (χ0v) is 30.7. The van der Waals surface area contributed by atoms with Crippen LogP contribution in [-0.4, -0.2) is 65.6 Å². The molecule has 0 aromatic heterocycles. The molecule has 0 saturated carbocycles. The fourth-order valence-electron chi connectivity index (χ4n) is 5.35.